The Kier molecular flexibility index (Phi) is 12.1. The number of ether oxygens (including phenoxy) is 2. The summed E-state index contributed by atoms with van der Waals surface area (Å²) < 4.78 is 21.9. The fourth-order valence-electron chi connectivity index (χ4n) is 4.60. The van der Waals surface area contributed by atoms with Crippen LogP contribution in [0.25, 0.3) is 0 Å². The fraction of sp³-hybridized carbons (Fsp3) is 0.692. The number of benzene rings is 1. The molecule has 0 radical (unpaired) electrons. The summed E-state index contributed by atoms with van der Waals surface area (Å²) in [6, 6.07) is 4.34. The van der Waals surface area contributed by atoms with Crippen molar-refractivity contribution in [1.82, 2.24) is 4.90 Å². The predicted molar refractivity (Wildman–Crippen MR) is 144 cm³/mol. The SMILES string of the molecule is CC(OC(=O)N(C(O)CCC1CCCC(C[P+](=O)O)C1)[C@@H](C)c1ccc(Cl)c(Cl)c1)OC(=O)C(C)(C)C. The lowest BCUT2D eigenvalue weighted by Crippen LogP contribution is -2.44. The maximum Gasteiger partial charge on any atom is 0.505 e. The highest BCUT2D eigenvalue weighted by Crippen LogP contribution is 2.37. The van der Waals surface area contributed by atoms with Crippen LogP contribution in [-0.4, -0.2) is 45.6 Å². The van der Waals surface area contributed by atoms with Crippen molar-refractivity contribution >= 4 is 43.3 Å². The second-order valence-electron chi connectivity index (χ2n) is 10.9. The largest absolute Gasteiger partial charge is 0.505 e. The van der Waals surface area contributed by atoms with E-state index in [2.05, 4.69) is 0 Å². The van der Waals surface area contributed by atoms with Gasteiger partial charge in [0.1, 0.15) is 6.23 Å². The van der Waals surface area contributed by atoms with Crippen LogP contribution < -0.4 is 0 Å². The summed E-state index contributed by atoms with van der Waals surface area (Å²) in [5.41, 5.74) is -0.122. The van der Waals surface area contributed by atoms with E-state index in [1.165, 1.54) is 11.8 Å². The summed E-state index contributed by atoms with van der Waals surface area (Å²) in [5.74, 6) is -0.0406. The number of esters is 1. The molecule has 11 heteroatoms. The Morgan fingerprint density at radius 2 is 1.78 bits per heavy atom. The third kappa shape index (κ3) is 9.99. The van der Waals surface area contributed by atoms with Gasteiger partial charge in [0, 0.05) is 12.8 Å². The predicted octanol–water partition coefficient (Wildman–Crippen LogP) is 7.07. The Labute approximate surface area is 230 Å². The second-order valence-corrected chi connectivity index (χ2v) is 12.7. The van der Waals surface area contributed by atoms with E-state index in [0.29, 0.717) is 34.6 Å². The van der Waals surface area contributed by atoms with Crippen molar-refractivity contribution in [3.05, 3.63) is 33.8 Å². The summed E-state index contributed by atoms with van der Waals surface area (Å²) >= 11 is 12.2. The highest BCUT2D eigenvalue weighted by Gasteiger charge is 2.34. The van der Waals surface area contributed by atoms with E-state index in [0.717, 1.165) is 25.7 Å². The molecule has 1 fully saturated rings. The molecule has 0 spiro atoms. The number of hydrogen-bond donors (Lipinski definition) is 2. The molecular formula is C26H39Cl2NO7P+. The lowest BCUT2D eigenvalue weighted by Gasteiger charge is -2.35. The van der Waals surface area contributed by atoms with Gasteiger partial charge in [-0.2, -0.15) is 4.89 Å². The molecule has 1 amide bonds. The molecule has 0 aromatic heterocycles. The molecule has 1 aliphatic rings. The van der Waals surface area contributed by atoms with Gasteiger partial charge < -0.3 is 14.6 Å². The van der Waals surface area contributed by atoms with Crippen LogP contribution in [0.4, 0.5) is 4.79 Å². The van der Waals surface area contributed by atoms with Gasteiger partial charge in [-0.3, -0.25) is 9.69 Å². The molecule has 0 bridgehead atoms. The summed E-state index contributed by atoms with van der Waals surface area (Å²) in [4.78, 5) is 36.0. The minimum atomic E-state index is -2.17. The van der Waals surface area contributed by atoms with Gasteiger partial charge in [0.2, 0.25) is 6.29 Å². The quantitative estimate of drug-likeness (QED) is 0.173. The smallest absolute Gasteiger partial charge is 0.425 e. The molecule has 6 atom stereocenters. The Morgan fingerprint density at radius 1 is 1.14 bits per heavy atom. The number of aliphatic hydroxyl groups excluding tert-OH is 1. The molecule has 2 rings (SSSR count). The zero-order chi connectivity index (χ0) is 27.9. The van der Waals surface area contributed by atoms with E-state index in [-0.39, 0.29) is 11.8 Å². The first-order chi connectivity index (χ1) is 17.2. The number of halogens is 2. The lowest BCUT2D eigenvalue weighted by atomic mass is 9.80. The van der Waals surface area contributed by atoms with Gasteiger partial charge in [-0.25, -0.2) is 4.79 Å². The van der Waals surface area contributed by atoms with Crippen molar-refractivity contribution < 1.29 is 33.6 Å². The zero-order valence-electron chi connectivity index (χ0n) is 22.2. The molecule has 5 unspecified atom stereocenters. The molecule has 1 saturated carbocycles. The summed E-state index contributed by atoms with van der Waals surface area (Å²) in [5, 5.41) is 11.9. The van der Waals surface area contributed by atoms with E-state index in [4.69, 9.17) is 32.7 Å². The van der Waals surface area contributed by atoms with Crippen LogP contribution in [0.1, 0.15) is 84.7 Å². The van der Waals surface area contributed by atoms with Crippen LogP contribution in [0.3, 0.4) is 0 Å². The van der Waals surface area contributed by atoms with Crippen molar-refractivity contribution in [3.63, 3.8) is 0 Å². The normalized spacial score (nSPS) is 20.9. The van der Waals surface area contributed by atoms with Crippen LogP contribution in [0.15, 0.2) is 18.2 Å². The number of amides is 1. The summed E-state index contributed by atoms with van der Waals surface area (Å²) in [7, 11) is -2.17. The Hall–Kier alpha value is -1.44. The van der Waals surface area contributed by atoms with E-state index in [1.807, 2.05) is 0 Å². The topological polar surface area (TPSA) is 113 Å². The third-order valence-corrected chi connectivity index (χ3v) is 8.23. The molecule has 0 heterocycles. The van der Waals surface area contributed by atoms with Crippen molar-refractivity contribution in [1.29, 1.82) is 0 Å². The van der Waals surface area contributed by atoms with Crippen molar-refractivity contribution in [2.45, 2.75) is 91.7 Å². The summed E-state index contributed by atoms with van der Waals surface area (Å²) in [6.45, 7) is 8.27. The molecule has 8 nitrogen and oxygen atoms in total. The first-order valence-corrected chi connectivity index (χ1v) is 14.8. The second kappa shape index (κ2) is 14.1. The minimum absolute atomic E-state index is 0.194. The van der Waals surface area contributed by atoms with Gasteiger partial charge >= 0.3 is 20.1 Å². The van der Waals surface area contributed by atoms with Crippen molar-refractivity contribution in [2.24, 2.45) is 17.3 Å². The molecule has 1 aromatic carbocycles. The first-order valence-electron chi connectivity index (χ1n) is 12.7. The lowest BCUT2D eigenvalue weighted by molar-refractivity contribution is -0.177. The summed E-state index contributed by atoms with van der Waals surface area (Å²) in [6.07, 6.45) is 1.75. The number of nitrogens with zero attached hydrogens (tertiary/aromatic N) is 1. The van der Waals surface area contributed by atoms with Crippen LogP contribution in [0, 0.1) is 17.3 Å². The van der Waals surface area contributed by atoms with E-state index in [1.54, 1.807) is 45.9 Å². The number of carbonyl (C=O) groups excluding carboxylic acids is 2. The Morgan fingerprint density at radius 3 is 2.38 bits per heavy atom. The Balaban J connectivity index is 2.15. The van der Waals surface area contributed by atoms with Gasteiger partial charge in [-0.05, 0) is 81.6 Å². The third-order valence-electron chi connectivity index (χ3n) is 6.67. The molecule has 0 saturated heterocycles. The first kappa shape index (κ1) is 31.8. The van der Waals surface area contributed by atoms with E-state index >= 15 is 0 Å². The fourth-order valence-corrected chi connectivity index (χ4v) is 5.68. The molecule has 1 aromatic rings. The maximum atomic E-state index is 13.3. The number of aliphatic hydroxyl groups is 1. The molecule has 2 N–H and O–H groups in total. The standard InChI is InChI=1S/C26H38Cl2NO7P/c1-16(20-10-11-21(27)22(28)14-20)29(25(32)36-17(2)35-24(31)26(3,4)5)23(30)12-9-18-7-6-8-19(13-18)15-37(33)34/h10-11,14,16-19,23,30H,6-9,12-13,15H2,1-5H3/p+1/t16-,17?,18?,19?,23?/m0/s1. The Bertz CT molecular complexity index is 955. The van der Waals surface area contributed by atoms with Gasteiger partial charge in [0.15, 0.2) is 6.16 Å². The van der Waals surface area contributed by atoms with Gasteiger partial charge in [0.25, 0.3) is 0 Å². The molecule has 1 aliphatic carbocycles. The van der Waals surface area contributed by atoms with Gasteiger partial charge in [0.05, 0.1) is 21.5 Å². The number of rotatable bonds is 10. The van der Waals surface area contributed by atoms with Gasteiger partial charge in [-0.15, -0.1) is 0 Å². The molecule has 208 valence electrons. The molecular weight excluding hydrogens is 540 g/mol. The number of hydrogen-bond acceptors (Lipinski definition) is 6. The van der Waals surface area contributed by atoms with E-state index < -0.39 is 44.1 Å². The highest BCUT2D eigenvalue weighted by molar-refractivity contribution is 7.38. The van der Waals surface area contributed by atoms with Crippen LogP contribution in [0.5, 0.6) is 0 Å². The minimum Gasteiger partial charge on any atom is -0.425 e. The highest BCUT2D eigenvalue weighted by atomic mass is 35.5. The average Bonchev–Trinajstić information content (AvgIpc) is 2.78. The van der Waals surface area contributed by atoms with E-state index in [9.17, 15) is 24.2 Å². The number of carbonyl (C=O) groups is 2. The van der Waals surface area contributed by atoms with Crippen molar-refractivity contribution in [3.8, 4) is 0 Å². The van der Waals surface area contributed by atoms with Gasteiger partial charge in [-0.1, -0.05) is 42.1 Å². The average molecular weight is 579 g/mol. The zero-order valence-corrected chi connectivity index (χ0v) is 24.6. The molecule has 0 aliphatic heterocycles. The van der Waals surface area contributed by atoms with Crippen LogP contribution >= 0.6 is 31.2 Å². The van der Waals surface area contributed by atoms with Crippen molar-refractivity contribution in [2.75, 3.05) is 6.16 Å². The van der Waals surface area contributed by atoms with Crippen LogP contribution in [-0.2, 0) is 18.8 Å². The monoisotopic (exact) mass is 578 g/mol. The maximum absolute atomic E-state index is 13.3. The molecule has 37 heavy (non-hydrogen) atoms. The van der Waals surface area contributed by atoms with Crippen LogP contribution in [0.2, 0.25) is 10.0 Å².